The van der Waals surface area contributed by atoms with E-state index in [1.807, 2.05) is 6.07 Å². The number of thioether (sulfide) groups is 1. The van der Waals surface area contributed by atoms with E-state index in [0.717, 1.165) is 17.1 Å². The van der Waals surface area contributed by atoms with E-state index in [2.05, 4.69) is 5.16 Å². The number of aliphatic hydroxyl groups excluding tert-OH is 1. The van der Waals surface area contributed by atoms with Gasteiger partial charge in [0.25, 0.3) is 0 Å². The van der Waals surface area contributed by atoms with Gasteiger partial charge in [-0.05, 0) is 24.6 Å². The number of amidine groups is 1. The third-order valence-electron chi connectivity index (χ3n) is 1.90. The average Bonchev–Trinajstić information content (AvgIpc) is 2.29. The van der Waals surface area contributed by atoms with Gasteiger partial charge < -0.3 is 16.0 Å². The largest absolute Gasteiger partial charge is 0.409 e. The van der Waals surface area contributed by atoms with Crippen LogP contribution in [0.1, 0.15) is 12.0 Å². The summed E-state index contributed by atoms with van der Waals surface area (Å²) in [5, 5.41) is 20.5. The van der Waals surface area contributed by atoms with E-state index in [0.29, 0.717) is 10.6 Å². The molecule has 0 bridgehead atoms. The quantitative estimate of drug-likeness (QED) is 0.189. The van der Waals surface area contributed by atoms with Gasteiger partial charge in [-0.3, -0.25) is 0 Å². The molecule has 0 fully saturated rings. The number of hydrogen-bond donors (Lipinski definition) is 3. The first kappa shape index (κ1) is 13.2. The van der Waals surface area contributed by atoms with Crippen molar-refractivity contribution < 1.29 is 10.3 Å². The predicted octanol–water partition coefficient (Wildman–Crippen LogP) is 1.91. The molecule has 0 unspecified atom stereocenters. The number of nitrogens with two attached hydrogens (primary N) is 1. The Balaban J connectivity index is 2.75. The maximum atomic E-state index is 8.65. The molecule has 0 atom stereocenters. The average molecular weight is 261 g/mol. The van der Waals surface area contributed by atoms with Crippen LogP contribution in [0, 0.1) is 0 Å². The van der Waals surface area contributed by atoms with E-state index in [1.54, 1.807) is 23.9 Å². The van der Waals surface area contributed by atoms with Gasteiger partial charge in [0.05, 0.1) is 5.02 Å². The molecule has 0 saturated heterocycles. The third kappa shape index (κ3) is 3.59. The van der Waals surface area contributed by atoms with Crippen molar-refractivity contribution in [3.63, 3.8) is 0 Å². The van der Waals surface area contributed by atoms with Gasteiger partial charge in [0.2, 0.25) is 0 Å². The zero-order chi connectivity index (χ0) is 12.0. The Labute approximate surface area is 103 Å². The summed E-state index contributed by atoms with van der Waals surface area (Å²) in [4.78, 5) is 0.993. The smallest absolute Gasteiger partial charge is 0.171 e. The van der Waals surface area contributed by atoms with Crippen molar-refractivity contribution in [2.75, 3.05) is 12.4 Å². The lowest BCUT2D eigenvalue weighted by atomic mass is 10.2. The topological polar surface area (TPSA) is 78.8 Å². The van der Waals surface area contributed by atoms with E-state index in [4.69, 9.17) is 27.6 Å². The lowest BCUT2D eigenvalue weighted by Gasteiger charge is -2.05. The zero-order valence-electron chi connectivity index (χ0n) is 8.56. The number of hydrogen-bond acceptors (Lipinski definition) is 4. The standard InChI is InChI=1S/C10H13ClN2O2S/c11-9-6-7(16-5-1-4-14)2-3-8(9)10(12)13-15/h2-3,6,14-15H,1,4-5H2,(H2,12,13). The van der Waals surface area contributed by atoms with Crippen molar-refractivity contribution in [2.24, 2.45) is 10.9 Å². The molecule has 4 N–H and O–H groups in total. The van der Waals surface area contributed by atoms with Crippen molar-refractivity contribution in [1.29, 1.82) is 0 Å². The monoisotopic (exact) mass is 260 g/mol. The van der Waals surface area contributed by atoms with Crippen molar-refractivity contribution in [2.45, 2.75) is 11.3 Å². The summed E-state index contributed by atoms with van der Waals surface area (Å²) in [6.07, 6.45) is 0.740. The van der Waals surface area contributed by atoms with Crippen molar-refractivity contribution in [3.8, 4) is 0 Å². The van der Waals surface area contributed by atoms with Gasteiger partial charge in [0.15, 0.2) is 5.84 Å². The van der Waals surface area contributed by atoms with Crippen molar-refractivity contribution in [3.05, 3.63) is 28.8 Å². The highest BCUT2D eigenvalue weighted by molar-refractivity contribution is 7.99. The van der Waals surface area contributed by atoms with Gasteiger partial charge in [-0.25, -0.2) is 0 Å². The summed E-state index contributed by atoms with van der Waals surface area (Å²) >= 11 is 7.58. The fraction of sp³-hybridized carbons (Fsp3) is 0.300. The molecule has 0 aliphatic rings. The molecule has 0 spiro atoms. The van der Waals surface area contributed by atoms with Crippen molar-refractivity contribution >= 4 is 29.2 Å². The van der Waals surface area contributed by atoms with Gasteiger partial charge in [0, 0.05) is 22.8 Å². The van der Waals surface area contributed by atoms with Gasteiger partial charge >= 0.3 is 0 Å². The highest BCUT2D eigenvalue weighted by Gasteiger charge is 2.06. The summed E-state index contributed by atoms with van der Waals surface area (Å²) in [7, 11) is 0. The van der Waals surface area contributed by atoms with E-state index in [1.165, 1.54) is 0 Å². The fourth-order valence-corrected chi connectivity index (χ4v) is 2.32. The molecule has 0 radical (unpaired) electrons. The highest BCUT2D eigenvalue weighted by atomic mass is 35.5. The van der Waals surface area contributed by atoms with Crippen LogP contribution in [0.25, 0.3) is 0 Å². The summed E-state index contributed by atoms with van der Waals surface area (Å²) < 4.78 is 0. The second kappa shape index (κ2) is 6.62. The van der Waals surface area contributed by atoms with Crippen molar-refractivity contribution in [1.82, 2.24) is 0 Å². The molecule has 0 aliphatic heterocycles. The number of rotatable bonds is 5. The first-order valence-corrected chi connectivity index (χ1v) is 6.06. The number of benzene rings is 1. The summed E-state index contributed by atoms with van der Waals surface area (Å²) in [6, 6.07) is 5.32. The van der Waals surface area contributed by atoms with Crippen LogP contribution in [-0.4, -0.2) is 28.5 Å². The molecule has 0 amide bonds. The van der Waals surface area contributed by atoms with E-state index in [-0.39, 0.29) is 12.4 Å². The Morgan fingerprint density at radius 2 is 2.25 bits per heavy atom. The molecular weight excluding hydrogens is 248 g/mol. The molecule has 0 aromatic heterocycles. The Morgan fingerprint density at radius 1 is 1.50 bits per heavy atom. The van der Waals surface area contributed by atoms with Crippen LogP contribution in [-0.2, 0) is 0 Å². The summed E-state index contributed by atoms with van der Waals surface area (Å²) in [6.45, 7) is 0.183. The molecular formula is C10H13ClN2O2S. The van der Waals surface area contributed by atoms with Crippen LogP contribution in [0.2, 0.25) is 5.02 Å². The van der Waals surface area contributed by atoms with Gasteiger partial charge in [0.1, 0.15) is 0 Å². The Kier molecular flexibility index (Phi) is 5.45. The fourth-order valence-electron chi connectivity index (χ4n) is 1.10. The molecule has 4 nitrogen and oxygen atoms in total. The second-order valence-corrected chi connectivity index (χ2v) is 4.63. The van der Waals surface area contributed by atoms with Crippen LogP contribution >= 0.6 is 23.4 Å². The number of oxime groups is 1. The van der Waals surface area contributed by atoms with Crippen LogP contribution in [0.3, 0.4) is 0 Å². The predicted molar refractivity (Wildman–Crippen MR) is 66.4 cm³/mol. The minimum absolute atomic E-state index is 0.00286. The van der Waals surface area contributed by atoms with Crippen LogP contribution < -0.4 is 5.73 Å². The SMILES string of the molecule is NC(=NO)c1ccc(SCCCO)cc1Cl. The lowest BCUT2D eigenvalue weighted by molar-refractivity contribution is 0.296. The molecule has 88 valence electrons. The van der Waals surface area contributed by atoms with Crippen LogP contribution in [0.4, 0.5) is 0 Å². The first-order valence-electron chi connectivity index (χ1n) is 4.70. The molecule has 0 aliphatic carbocycles. The molecule has 16 heavy (non-hydrogen) atoms. The first-order chi connectivity index (χ1) is 7.69. The van der Waals surface area contributed by atoms with Crippen LogP contribution in [0.5, 0.6) is 0 Å². The maximum absolute atomic E-state index is 8.65. The highest BCUT2D eigenvalue weighted by Crippen LogP contribution is 2.25. The lowest BCUT2D eigenvalue weighted by Crippen LogP contribution is -2.13. The normalized spacial score (nSPS) is 11.8. The minimum Gasteiger partial charge on any atom is -0.409 e. The summed E-state index contributed by atoms with van der Waals surface area (Å²) in [5.41, 5.74) is 5.95. The summed E-state index contributed by atoms with van der Waals surface area (Å²) in [5.74, 6) is 0.826. The Bertz CT molecular complexity index is 385. The molecule has 1 aromatic rings. The molecule has 1 aromatic carbocycles. The van der Waals surface area contributed by atoms with Crippen LogP contribution in [0.15, 0.2) is 28.3 Å². The van der Waals surface area contributed by atoms with E-state index in [9.17, 15) is 0 Å². The molecule has 6 heteroatoms. The van der Waals surface area contributed by atoms with Gasteiger partial charge in [-0.2, -0.15) is 0 Å². The minimum atomic E-state index is -0.00286. The number of nitrogens with zero attached hydrogens (tertiary/aromatic N) is 1. The molecule has 0 heterocycles. The zero-order valence-corrected chi connectivity index (χ0v) is 10.1. The second-order valence-electron chi connectivity index (χ2n) is 3.05. The molecule has 0 saturated carbocycles. The Morgan fingerprint density at radius 3 is 2.81 bits per heavy atom. The Hall–Kier alpha value is -0.910. The third-order valence-corrected chi connectivity index (χ3v) is 3.29. The number of halogens is 1. The van der Waals surface area contributed by atoms with Gasteiger partial charge in [-0.15, -0.1) is 11.8 Å². The van der Waals surface area contributed by atoms with E-state index < -0.39 is 0 Å². The van der Waals surface area contributed by atoms with E-state index >= 15 is 0 Å². The number of aliphatic hydroxyl groups is 1. The van der Waals surface area contributed by atoms with Gasteiger partial charge in [-0.1, -0.05) is 16.8 Å². The molecule has 1 rings (SSSR count). The maximum Gasteiger partial charge on any atom is 0.171 e.